The van der Waals surface area contributed by atoms with E-state index in [0.717, 1.165) is 40.7 Å². The second-order valence-electron chi connectivity index (χ2n) is 6.31. The van der Waals surface area contributed by atoms with Crippen LogP contribution in [-0.4, -0.2) is 33.7 Å². The van der Waals surface area contributed by atoms with Crippen LogP contribution in [0.15, 0.2) is 42.5 Å². The number of aryl methyl sites for hydroxylation is 2. The number of amides is 1. The lowest BCUT2D eigenvalue weighted by molar-refractivity contribution is -0.119. The van der Waals surface area contributed by atoms with Crippen molar-refractivity contribution in [1.82, 2.24) is 5.32 Å². The van der Waals surface area contributed by atoms with Crippen LogP contribution in [0.3, 0.4) is 0 Å². The summed E-state index contributed by atoms with van der Waals surface area (Å²) in [5, 5.41) is 2.65. The van der Waals surface area contributed by atoms with Gasteiger partial charge in [-0.3, -0.25) is 9.10 Å². The number of nitrogens with zero attached hydrogens (tertiary/aromatic N) is 1. The lowest BCUT2D eigenvalue weighted by Gasteiger charge is -2.22. The molecule has 0 spiro atoms. The molecule has 0 aliphatic heterocycles. The van der Waals surface area contributed by atoms with Gasteiger partial charge in [-0.15, -0.1) is 0 Å². The maximum atomic E-state index is 13.4. The lowest BCUT2D eigenvalue weighted by Crippen LogP contribution is -2.40. The van der Waals surface area contributed by atoms with E-state index in [-0.39, 0.29) is 5.69 Å². The van der Waals surface area contributed by atoms with Crippen molar-refractivity contribution in [3.8, 4) is 0 Å². The zero-order valence-electron chi connectivity index (χ0n) is 15.2. The van der Waals surface area contributed by atoms with E-state index in [0.29, 0.717) is 13.0 Å². The van der Waals surface area contributed by atoms with E-state index < -0.39 is 34.1 Å². The van der Waals surface area contributed by atoms with Gasteiger partial charge in [0.1, 0.15) is 6.54 Å². The number of halogens is 2. The number of sulfonamides is 1. The maximum Gasteiger partial charge on any atom is 0.240 e. The number of rotatable bonds is 8. The van der Waals surface area contributed by atoms with Crippen molar-refractivity contribution in [2.75, 3.05) is 23.7 Å². The van der Waals surface area contributed by atoms with E-state index in [9.17, 15) is 22.0 Å². The van der Waals surface area contributed by atoms with E-state index in [4.69, 9.17) is 0 Å². The van der Waals surface area contributed by atoms with Gasteiger partial charge in [0.15, 0.2) is 11.6 Å². The molecular weight excluding hydrogens is 374 g/mol. The Bertz CT molecular complexity index is 900. The van der Waals surface area contributed by atoms with Gasteiger partial charge in [-0.2, -0.15) is 0 Å². The molecule has 0 heterocycles. The molecule has 0 fully saturated rings. The number of anilines is 1. The largest absolute Gasteiger partial charge is 0.355 e. The molecule has 0 aliphatic rings. The molecule has 0 aliphatic carbocycles. The molecule has 1 amide bonds. The first-order valence-electron chi connectivity index (χ1n) is 8.42. The molecule has 0 saturated heterocycles. The summed E-state index contributed by atoms with van der Waals surface area (Å²) in [5.41, 5.74) is 2.21. The Labute approximate surface area is 158 Å². The van der Waals surface area contributed by atoms with Gasteiger partial charge in [-0.1, -0.05) is 29.8 Å². The van der Waals surface area contributed by atoms with Gasteiger partial charge in [0, 0.05) is 12.6 Å². The van der Waals surface area contributed by atoms with E-state index in [1.54, 1.807) is 0 Å². The Hall–Kier alpha value is -2.48. The molecule has 0 saturated carbocycles. The van der Waals surface area contributed by atoms with Crippen molar-refractivity contribution in [1.29, 1.82) is 0 Å². The Morgan fingerprint density at radius 3 is 2.33 bits per heavy atom. The topological polar surface area (TPSA) is 66.5 Å². The van der Waals surface area contributed by atoms with Crippen LogP contribution in [0.4, 0.5) is 14.5 Å². The summed E-state index contributed by atoms with van der Waals surface area (Å²) >= 11 is 0. The lowest BCUT2D eigenvalue weighted by atomic mass is 10.1. The molecule has 1 N–H and O–H groups in total. The average Bonchev–Trinajstić information content (AvgIpc) is 2.60. The molecule has 2 rings (SSSR count). The average molecular weight is 396 g/mol. The van der Waals surface area contributed by atoms with Gasteiger partial charge in [-0.05, 0) is 37.5 Å². The molecule has 0 atom stereocenters. The molecule has 0 bridgehead atoms. The summed E-state index contributed by atoms with van der Waals surface area (Å²) in [6.45, 7) is 1.88. The van der Waals surface area contributed by atoms with Crippen LogP contribution in [0.25, 0.3) is 0 Å². The molecule has 2 aromatic rings. The predicted octanol–water partition coefficient (Wildman–Crippen LogP) is 2.79. The van der Waals surface area contributed by atoms with Gasteiger partial charge in [-0.25, -0.2) is 17.2 Å². The molecule has 0 radical (unpaired) electrons. The van der Waals surface area contributed by atoms with Crippen molar-refractivity contribution < 1.29 is 22.0 Å². The third-order valence-corrected chi connectivity index (χ3v) is 5.10. The van der Waals surface area contributed by atoms with Crippen LogP contribution >= 0.6 is 0 Å². The smallest absolute Gasteiger partial charge is 0.240 e. The van der Waals surface area contributed by atoms with Crippen LogP contribution < -0.4 is 9.62 Å². The van der Waals surface area contributed by atoms with Crippen molar-refractivity contribution in [2.45, 2.75) is 19.8 Å². The highest BCUT2D eigenvalue weighted by atomic mass is 32.2. The van der Waals surface area contributed by atoms with Gasteiger partial charge in [0.25, 0.3) is 0 Å². The fraction of sp³-hybridized carbons (Fsp3) is 0.316. The molecule has 146 valence electrons. The van der Waals surface area contributed by atoms with Crippen molar-refractivity contribution in [3.63, 3.8) is 0 Å². The van der Waals surface area contributed by atoms with Crippen LogP contribution in [0.5, 0.6) is 0 Å². The van der Waals surface area contributed by atoms with Gasteiger partial charge in [0.05, 0.1) is 11.9 Å². The van der Waals surface area contributed by atoms with Crippen molar-refractivity contribution in [3.05, 3.63) is 65.2 Å². The first-order chi connectivity index (χ1) is 12.7. The molecule has 2 aromatic carbocycles. The van der Waals surface area contributed by atoms with Crippen molar-refractivity contribution in [2.24, 2.45) is 0 Å². The standard InChI is InChI=1S/C19H22F2N2O3S/c1-14-5-7-15(8-6-14)4-3-11-22-19(24)13-23(27(2,25)26)16-9-10-17(20)18(21)12-16/h5-10,12H,3-4,11,13H2,1-2H3,(H,22,24). The summed E-state index contributed by atoms with van der Waals surface area (Å²) in [7, 11) is -3.84. The van der Waals surface area contributed by atoms with E-state index in [2.05, 4.69) is 5.32 Å². The highest BCUT2D eigenvalue weighted by Gasteiger charge is 2.21. The zero-order valence-corrected chi connectivity index (χ0v) is 16.0. The number of hydrogen-bond acceptors (Lipinski definition) is 3. The molecule has 27 heavy (non-hydrogen) atoms. The van der Waals surface area contributed by atoms with Crippen molar-refractivity contribution >= 4 is 21.6 Å². The minimum atomic E-state index is -3.84. The van der Waals surface area contributed by atoms with Gasteiger partial charge < -0.3 is 5.32 Å². The summed E-state index contributed by atoms with van der Waals surface area (Å²) in [6, 6.07) is 10.8. The maximum absolute atomic E-state index is 13.4. The third-order valence-electron chi connectivity index (χ3n) is 3.96. The quantitative estimate of drug-likeness (QED) is 0.698. The summed E-state index contributed by atoms with van der Waals surface area (Å²) in [6.07, 6.45) is 2.37. The minimum absolute atomic E-state index is 0.105. The minimum Gasteiger partial charge on any atom is -0.355 e. The highest BCUT2D eigenvalue weighted by Crippen LogP contribution is 2.20. The van der Waals surface area contributed by atoms with E-state index in [1.165, 1.54) is 5.56 Å². The first-order valence-corrected chi connectivity index (χ1v) is 10.3. The van der Waals surface area contributed by atoms with E-state index in [1.807, 2.05) is 31.2 Å². The number of carbonyl (C=O) groups excluding carboxylic acids is 1. The molecule has 0 aromatic heterocycles. The molecular formula is C19H22F2N2O3S. The Morgan fingerprint density at radius 1 is 1.07 bits per heavy atom. The summed E-state index contributed by atoms with van der Waals surface area (Å²) < 4.78 is 51.1. The molecule has 0 unspecified atom stereocenters. The highest BCUT2D eigenvalue weighted by molar-refractivity contribution is 7.92. The molecule has 5 nitrogen and oxygen atoms in total. The Morgan fingerprint density at radius 2 is 1.74 bits per heavy atom. The SMILES string of the molecule is Cc1ccc(CCCNC(=O)CN(c2ccc(F)c(F)c2)S(C)(=O)=O)cc1. The fourth-order valence-corrected chi connectivity index (χ4v) is 3.35. The number of benzene rings is 2. The number of carbonyl (C=O) groups is 1. The monoisotopic (exact) mass is 396 g/mol. The summed E-state index contributed by atoms with van der Waals surface area (Å²) in [5.74, 6) is -2.79. The Balaban J connectivity index is 1.92. The number of nitrogens with one attached hydrogen (secondary N) is 1. The van der Waals surface area contributed by atoms with Crippen LogP contribution in [-0.2, 0) is 21.2 Å². The first kappa shape index (κ1) is 20.8. The fourth-order valence-electron chi connectivity index (χ4n) is 2.50. The summed E-state index contributed by atoms with van der Waals surface area (Å²) in [4.78, 5) is 12.1. The second-order valence-corrected chi connectivity index (χ2v) is 8.21. The van der Waals surface area contributed by atoms with Gasteiger partial charge in [0.2, 0.25) is 15.9 Å². The normalized spacial score (nSPS) is 11.3. The zero-order chi connectivity index (χ0) is 20.0. The second kappa shape index (κ2) is 8.94. The number of hydrogen-bond donors (Lipinski definition) is 1. The van der Waals surface area contributed by atoms with Crippen LogP contribution in [0, 0.1) is 18.6 Å². The van der Waals surface area contributed by atoms with Gasteiger partial charge >= 0.3 is 0 Å². The Kier molecular flexibility index (Phi) is 6.90. The predicted molar refractivity (Wildman–Crippen MR) is 101 cm³/mol. The van der Waals surface area contributed by atoms with E-state index >= 15 is 0 Å². The third kappa shape index (κ3) is 6.32. The van der Waals surface area contributed by atoms with Crippen LogP contribution in [0.2, 0.25) is 0 Å². The molecule has 8 heteroatoms. The van der Waals surface area contributed by atoms with Crippen LogP contribution in [0.1, 0.15) is 17.5 Å².